The van der Waals surface area contributed by atoms with Gasteiger partial charge in [0.15, 0.2) is 6.10 Å². The predicted octanol–water partition coefficient (Wildman–Crippen LogP) is 4.44. The molecule has 0 radical (unpaired) electrons. The van der Waals surface area contributed by atoms with Crippen LogP contribution in [-0.2, 0) is 31.8 Å². The highest BCUT2D eigenvalue weighted by molar-refractivity contribution is 6.25. The molecule has 17 heteroatoms. The van der Waals surface area contributed by atoms with Gasteiger partial charge in [-0.3, -0.25) is 34.2 Å². The van der Waals surface area contributed by atoms with Gasteiger partial charge in [-0.05, 0) is 42.8 Å². The van der Waals surface area contributed by atoms with Crippen LogP contribution in [0.4, 0.5) is 23.2 Å². The van der Waals surface area contributed by atoms with Gasteiger partial charge in [0, 0.05) is 48.8 Å². The zero-order chi connectivity index (χ0) is 39.7. The average molecular weight is 766 g/mol. The first kappa shape index (κ1) is 38.7. The molecule has 13 nitrogen and oxygen atoms in total. The van der Waals surface area contributed by atoms with E-state index in [2.05, 4.69) is 10.6 Å². The number of anilines is 1. The van der Waals surface area contributed by atoms with Crippen LogP contribution in [0.25, 0.3) is 0 Å². The van der Waals surface area contributed by atoms with Crippen molar-refractivity contribution >= 4 is 35.2 Å². The van der Waals surface area contributed by atoms with Gasteiger partial charge in [-0.15, -0.1) is 0 Å². The fraction of sp³-hybridized carbons (Fsp3) is 0.368. The summed E-state index contributed by atoms with van der Waals surface area (Å²) >= 11 is 0. The lowest BCUT2D eigenvalue weighted by atomic mass is 9.89. The molecule has 55 heavy (non-hydrogen) atoms. The van der Waals surface area contributed by atoms with E-state index < -0.39 is 70.2 Å². The maximum absolute atomic E-state index is 15.1. The van der Waals surface area contributed by atoms with Crippen molar-refractivity contribution in [1.29, 1.82) is 5.26 Å². The zero-order valence-corrected chi connectivity index (χ0v) is 29.6. The van der Waals surface area contributed by atoms with Gasteiger partial charge in [0.05, 0.1) is 41.5 Å². The third-order valence-electron chi connectivity index (χ3n) is 9.43. The van der Waals surface area contributed by atoms with Crippen LogP contribution < -0.4 is 20.1 Å². The molecule has 0 spiro atoms. The molecule has 2 fully saturated rings. The number of hydrogen-bond acceptors (Lipinski definition) is 10. The molecule has 3 aromatic rings. The largest absolute Gasteiger partial charge is 0.491 e. The molecule has 0 bridgehead atoms. The number of nitriles is 1. The molecule has 3 aromatic carbocycles. The van der Waals surface area contributed by atoms with Crippen molar-refractivity contribution in [3.8, 4) is 17.6 Å². The smallest absolute Gasteiger partial charge is 0.417 e. The van der Waals surface area contributed by atoms with E-state index in [1.165, 1.54) is 41.3 Å². The number of ether oxygens (including phenoxy) is 3. The predicted molar refractivity (Wildman–Crippen MR) is 184 cm³/mol. The summed E-state index contributed by atoms with van der Waals surface area (Å²) in [5.41, 5.74) is -1.74. The number of rotatable bonds is 13. The van der Waals surface area contributed by atoms with Gasteiger partial charge < -0.3 is 24.4 Å². The van der Waals surface area contributed by atoms with E-state index >= 15 is 4.39 Å². The number of amides is 5. The number of carbonyl (C=O) groups is 5. The number of piperidine rings is 1. The second-order valence-corrected chi connectivity index (χ2v) is 13.8. The minimum atomic E-state index is -4.80. The third kappa shape index (κ3) is 8.09. The number of fused-ring (bicyclic) bond motifs is 1. The standard InChI is InChI=1S/C38H35F4N5O8/c1-37(2)20-46(36(52)32(37)55-24-9-6-21(18-43)26(16-24)38(40,41)42)19-22-7-8-23(17-27(22)39)54-15-14-53-13-12-44-28-5-3-4-25-31(28)35(51)47(34(25)50)29-10-11-30(48)45-33(29)49/h3-9,16-17,29,32,44H,10-15,19-20H2,1-2H3,(H,45,48,49). The molecular weight excluding hydrogens is 730 g/mol. The minimum Gasteiger partial charge on any atom is -0.491 e. The van der Waals surface area contributed by atoms with Crippen LogP contribution in [0.1, 0.15) is 64.1 Å². The molecule has 3 heterocycles. The van der Waals surface area contributed by atoms with Crippen molar-refractivity contribution in [1.82, 2.24) is 15.1 Å². The minimum absolute atomic E-state index is 0.0136. The Balaban J connectivity index is 0.960. The summed E-state index contributed by atoms with van der Waals surface area (Å²) in [5.74, 6) is -3.58. The first-order valence-corrected chi connectivity index (χ1v) is 17.2. The van der Waals surface area contributed by atoms with Crippen molar-refractivity contribution in [2.24, 2.45) is 5.41 Å². The van der Waals surface area contributed by atoms with Crippen LogP contribution in [0.2, 0.25) is 0 Å². The monoisotopic (exact) mass is 765 g/mol. The average Bonchev–Trinajstić information content (AvgIpc) is 3.51. The fourth-order valence-electron chi connectivity index (χ4n) is 6.75. The van der Waals surface area contributed by atoms with E-state index in [0.717, 1.165) is 11.0 Å². The maximum Gasteiger partial charge on any atom is 0.417 e. The van der Waals surface area contributed by atoms with Crippen LogP contribution in [0.15, 0.2) is 54.6 Å². The Morgan fingerprint density at radius 2 is 1.75 bits per heavy atom. The summed E-state index contributed by atoms with van der Waals surface area (Å²) in [7, 11) is 0. The number of hydrogen-bond donors (Lipinski definition) is 2. The van der Waals surface area contributed by atoms with E-state index in [1.54, 1.807) is 26.0 Å². The highest BCUT2D eigenvalue weighted by atomic mass is 19.4. The topological polar surface area (TPSA) is 167 Å². The Labute approximate surface area is 312 Å². The molecule has 0 aliphatic carbocycles. The van der Waals surface area contributed by atoms with Crippen molar-refractivity contribution < 1.29 is 55.7 Å². The number of imide groups is 2. The molecule has 5 amide bonds. The van der Waals surface area contributed by atoms with E-state index in [4.69, 9.17) is 19.5 Å². The Hall–Kier alpha value is -6.02. The van der Waals surface area contributed by atoms with Gasteiger partial charge >= 0.3 is 6.18 Å². The molecule has 0 saturated carbocycles. The lowest BCUT2D eigenvalue weighted by Crippen LogP contribution is -2.54. The lowest BCUT2D eigenvalue weighted by Gasteiger charge is -2.27. The fourth-order valence-corrected chi connectivity index (χ4v) is 6.75. The van der Waals surface area contributed by atoms with Gasteiger partial charge in [-0.1, -0.05) is 26.0 Å². The quantitative estimate of drug-likeness (QED) is 0.144. The van der Waals surface area contributed by atoms with Crippen LogP contribution in [0.3, 0.4) is 0 Å². The highest BCUT2D eigenvalue weighted by Gasteiger charge is 2.49. The first-order valence-electron chi connectivity index (χ1n) is 17.2. The van der Waals surface area contributed by atoms with Crippen LogP contribution in [0, 0.1) is 22.6 Å². The number of halogens is 4. The summed E-state index contributed by atoms with van der Waals surface area (Å²) < 4.78 is 72.5. The molecule has 2 N–H and O–H groups in total. The van der Waals surface area contributed by atoms with E-state index in [1.807, 2.05) is 0 Å². The van der Waals surface area contributed by atoms with Crippen LogP contribution in [-0.4, -0.2) is 84.4 Å². The summed E-state index contributed by atoms with van der Waals surface area (Å²) in [6.45, 7) is 4.07. The van der Waals surface area contributed by atoms with Crippen molar-refractivity contribution in [3.05, 3.63) is 88.2 Å². The Kier molecular flexibility index (Phi) is 10.8. The van der Waals surface area contributed by atoms with Crippen molar-refractivity contribution in [2.75, 3.05) is 38.2 Å². The normalized spacial score (nSPS) is 19.3. The number of alkyl halides is 3. The van der Waals surface area contributed by atoms with Crippen LogP contribution in [0.5, 0.6) is 11.5 Å². The van der Waals surface area contributed by atoms with E-state index in [0.29, 0.717) is 11.8 Å². The van der Waals surface area contributed by atoms with Gasteiger partial charge in [-0.25, -0.2) is 4.39 Å². The number of benzene rings is 3. The highest BCUT2D eigenvalue weighted by Crippen LogP contribution is 2.39. The summed E-state index contributed by atoms with van der Waals surface area (Å²) in [4.78, 5) is 65.7. The second kappa shape index (κ2) is 15.4. The molecule has 2 atom stereocenters. The molecule has 6 rings (SSSR count). The number of nitrogens with one attached hydrogen (secondary N) is 2. The molecule has 3 aliphatic heterocycles. The van der Waals surface area contributed by atoms with Gasteiger partial charge in [0.25, 0.3) is 17.7 Å². The number of carbonyl (C=O) groups excluding carboxylic acids is 5. The Morgan fingerprint density at radius 1 is 0.982 bits per heavy atom. The lowest BCUT2D eigenvalue weighted by molar-refractivity contribution is -0.138. The summed E-state index contributed by atoms with van der Waals surface area (Å²) in [5, 5.41) is 14.3. The summed E-state index contributed by atoms with van der Waals surface area (Å²) in [6, 6.07) is 12.2. The van der Waals surface area contributed by atoms with Gasteiger partial charge in [0.1, 0.15) is 30.0 Å². The second-order valence-electron chi connectivity index (χ2n) is 13.8. The molecule has 2 saturated heterocycles. The third-order valence-corrected chi connectivity index (χ3v) is 9.43. The molecule has 3 aliphatic rings. The summed E-state index contributed by atoms with van der Waals surface area (Å²) in [6.07, 6.45) is -5.89. The van der Waals surface area contributed by atoms with Crippen LogP contribution >= 0.6 is 0 Å². The molecule has 288 valence electrons. The van der Waals surface area contributed by atoms with Crippen molar-refractivity contribution in [2.45, 2.75) is 51.6 Å². The molecule has 2 unspecified atom stereocenters. The van der Waals surface area contributed by atoms with E-state index in [-0.39, 0.29) is 80.5 Å². The van der Waals surface area contributed by atoms with Gasteiger partial charge in [-0.2, -0.15) is 18.4 Å². The maximum atomic E-state index is 15.1. The van der Waals surface area contributed by atoms with Gasteiger partial charge in [0.2, 0.25) is 11.8 Å². The Bertz CT molecular complexity index is 2100. The molecular formula is C38H35F4N5O8. The molecule has 0 aromatic heterocycles. The first-order chi connectivity index (χ1) is 26.1. The van der Waals surface area contributed by atoms with Crippen molar-refractivity contribution in [3.63, 3.8) is 0 Å². The number of likely N-dealkylation sites (tertiary alicyclic amines) is 1. The SMILES string of the molecule is CC1(C)CN(Cc2ccc(OCCOCCNc3cccc4c3C(=O)N(C3CCC(=O)NC3=O)C4=O)cc2F)C(=O)C1Oc1ccc(C#N)c(C(F)(F)F)c1. The number of nitrogens with zero attached hydrogens (tertiary/aromatic N) is 3. The Morgan fingerprint density at radius 3 is 2.45 bits per heavy atom. The zero-order valence-electron chi connectivity index (χ0n) is 29.6. The van der Waals surface area contributed by atoms with E-state index in [9.17, 15) is 37.1 Å².